The van der Waals surface area contributed by atoms with Crippen LogP contribution in [-0.4, -0.2) is 63.3 Å². The van der Waals surface area contributed by atoms with Crippen LogP contribution in [0.3, 0.4) is 0 Å². The second-order valence-electron chi connectivity index (χ2n) is 7.22. The molecule has 7 nitrogen and oxygen atoms in total. The van der Waals surface area contributed by atoms with E-state index in [4.69, 9.17) is 16.3 Å². The van der Waals surface area contributed by atoms with Crippen molar-refractivity contribution >= 4 is 54.1 Å². The van der Waals surface area contributed by atoms with E-state index in [2.05, 4.69) is 32.6 Å². The van der Waals surface area contributed by atoms with Crippen molar-refractivity contribution < 1.29 is 14.3 Å². The van der Waals surface area contributed by atoms with E-state index in [1.54, 1.807) is 12.2 Å². The van der Waals surface area contributed by atoms with Gasteiger partial charge in [-0.2, -0.15) is 0 Å². The number of piperazine rings is 1. The van der Waals surface area contributed by atoms with Crippen molar-refractivity contribution in [1.29, 1.82) is 0 Å². The van der Waals surface area contributed by atoms with Gasteiger partial charge in [-0.1, -0.05) is 11.6 Å². The van der Waals surface area contributed by atoms with Crippen molar-refractivity contribution in [3.8, 4) is 0 Å². The van der Waals surface area contributed by atoms with Crippen LogP contribution in [0.4, 0.5) is 10.5 Å². The molecular formula is C22H29Cl3N4O3. The first-order valence-electron chi connectivity index (χ1n) is 10.1. The highest BCUT2D eigenvalue weighted by Crippen LogP contribution is 2.21. The van der Waals surface area contributed by atoms with Crippen LogP contribution in [0.25, 0.3) is 0 Å². The van der Waals surface area contributed by atoms with Crippen LogP contribution < -0.4 is 15.5 Å². The lowest BCUT2D eigenvalue weighted by Crippen LogP contribution is -2.47. The fourth-order valence-electron chi connectivity index (χ4n) is 3.55. The molecule has 1 aliphatic carbocycles. The van der Waals surface area contributed by atoms with Gasteiger partial charge >= 0.3 is 6.03 Å². The number of ether oxygens (including phenoxy) is 1. The summed E-state index contributed by atoms with van der Waals surface area (Å²) < 4.78 is 5.10. The quantitative estimate of drug-likeness (QED) is 0.440. The van der Waals surface area contributed by atoms with Crippen LogP contribution >= 0.6 is 36.4 Å². The van der Waals surface area contributed by atoms with Crippen LogP contribution in [0.2, 0.25) is 5.02 Å². The Balaban J connectivity index is 0.00000256. The molecule has 3 rings (SSSR count). The summed E-state index contributed by atoms with van der Waals surface area (Å²) in [7, 11) is 1.50. The lowest BCUT2D eigenvalue weighted by atomic mass is 10.0. The number of rotatable bonds is 7. The van der Waals surface area contributed by atoms with Crippen LogP contribution in [0.1, 0.15) is 12.8 Å². The third-order valence-electron chi connectivity index (χ3n) is 5.22. The molecule has 1 heterocycles. The highest BCUT2D eigenvalue weighted by Gasteiger charge is 2.18. The third kappa shape index (κ3) is 8.08. The first kappa shape index (κ1) is 27.9. The number of methoxy groups -OCH3 is 1. The summed E-state index contributed by atoms with van der Waals surface area (Å²) >= 11 is 5.96. The Kier molecular flexibility index (Phi) is 12.3. The number of carbonyl (C=O) groups excluding carboxylic acids is 2. The molecule has 1 fully saturated rings. The number of benzene rings is 1. The second-order valence-corrected chi connectivity index (χ2v) is 7.66. The molecule has 2 amide bonds. The zero-order valence-corrected chi connectivity index (χ0v) is 20.3. The van der Waals surface area contributed by atoms with Crippen molar-refractivity contribution in [3.05, 3.63) is 58.5 Å². The number of amides is 2. The second kappa shape index (κ2) is 14.1. The number of nitrogens with zero attached hydrogens (tertiary/aromatic N) is 2. The number of allylic oxidation sites excluding steroid dienone is 4. The zero-order chi connectivity index (χ0) is 21.3. The van der Waals surface area contributed by atoms with Gasteiger partial charge in [0, 0.05) is 55.6 Å². The van der Waals surface area contributed by atoms with Crippen molar-refractivity contribution in [2.75, 3.05) is 51.3 Å². The molecule has 0 spiro atoms. The van der Waals surface area contributed by atoms with E-state index >= 15 is 0 Å². The predicted octanol–water partition coefficient (Wildman–Crippen LogP) is 3.57. The number of anilines is 1. The van der Waals surface area contributed by atoms with Gasteiger partial charge in [0.05, 0.1) is 12.7 Å². The fourth-order valence-corrected chi connectivity index (χ4v) is 3.68. The molecule has 0 unspecified atom stereocenters. The highest BCUT2D eigenvalue weighted by molar-refractivity contribution is 6.30. The summed E-state index contributed by atoms with van der Waals surface area (Å²) in [4.78, 5) is 27.8. The molecule has 0 aromatic heterocycles. The minimum atomic E-state index is -0.270. The molecule has 0 bridgehead atoms. The van der Waals surface area contributed by atoms with Gasteiger partial charge in [-0.15, -0.1) is 24.8 Å². The fraction of sp³-hybridized carbons (Fsp3) is 0.409. The highest BCUT2D eigenvalue weighted by atomic mass is 35.5. The van der Waals surface area contributed by atoms with Gasteiger partial charge in [0.25, 0.3) is 0 Å². The average molecular weight is 504 g/mol. The first-order chi connectivity index (χ1) is 14.6. The van der Waals surface area contributed by atoms with Gasteiger partial charge in [0.1, 0.15) is 11.7 Å². The topological polar surface area (TPSA) is 73.9 Å². The molecular weight excluding hydrogens is 475 g/mol. The largest absolute Gasteiger partial charge is 0.496 e. The minimum absolute atomic E-state index is 0. The number of hydrogen-bond donors (Lipinski definition) is 2. The van der Waals surface area contributed by atoms with Crippen LogP contribution in [0.15, 0.2) is 53.4 Å². The summed E-state index contributed by atoms with van der Waals surface area (Å²) in [5, 5.41) is 6.40. The Morgan fingerprint density at radius 1 is 1.12 bits per heavy atom. The molecule has 1 saturated heterocycles. The van der Waals surface area contributed by atoms with Crippen molar-refractivity contribution in [3.63, 3.8) is 0 Å². The Bertz CT molecular complexity index is 860. The predicted molar refractivity (Wildman–Crippen MR) is 133 cm³/mol. The summed E-state index contributed by atoms with van der Waals surface area (Å²) in [6, 6.07) is 7.69. The molecule has 1 aliphatic heterocycles. The van der Waals surface area contributed by atoms with Gasteiger partial charge in [-0.25, -0.2) is 9.59 Å². The average Bonchev–Trinajstić information content (AvgIpc) is 2.77. The van der Waals surface area contributed by atoms with Crippen LogP contribution in [0.5, 0.6) is 0 Å². The van der Waals surface area contributed by atoms with Gasteiger partial charge < -0.3 is 20.3 Å². The van der Waals surface area contributed by atoms with E-state index in [0.29, 0.717) is 30.0 Å². The van der Waals surface area contributed by atoms with Gasteiger partial charge in [-0.05, 0) is 49.4 Å². The van der Waals surface area contributed by atoms with Crippen LogP contribution in [0, 0.1) is 0 Å². The first-order valence-corrected chi connectivity index (χ1v) is 10.4. The standard InChI is InChI=1S/C22H27ClN4O3.2ClH/c1-30-21-8-5-19(15-17(21)16-28)25-22(29)24-9-2-10-26-11-13-27(14-12-26)20-6-3-18(23)4-7-20;;/h3-8H,2,9-15H2,1H3,(H2,24,25,29);2*1H. The minimum Gasteiger partial charge on any atom is -0.496 e. The summed E-state index contributed by atoms with van der Waals surface area (Å²) in [6.07, 6.45) is 4.57. The van der Waals surface area contributed by atoms with E-state index in [1.165, 1.54) is 12.8 Å². The molecule has 2 aliphatic rings. The molecule has 176 valence electrons. The lowest BCUT2D eigenvalue weighted by Gasteiger charge is -2.36. The normalized spacial score (nSPS) is 15.9. The maximum Gasteiger partial charge on any atom is 0.318 e. The Labute approximate surface area is 206 Å². The smallest absolute Gasteiger partial charge is 0.318 e. The Morgan fingerprint density at radius 3 is 2.44 bits per heavy atom. The Hall–Kier alpha value is -2.15. The molecule has 10 heteroatoms. The SMILES string of the molecule is COC1=CC=C(NC(=O)NCCCN2CCN(c3ccc(Cl)cc3)CC2)CC1=C=O.Cl.Cl. The number of nitrogens with one attached hydrogen (secondary N) is 2. The maximum absolute atomic E-state index is 12.1. The van der Waals surface area contributed by atoms with Gasteiger partial charge in [-0.3, -0.25) is 4.90 Å². The number of urea groups is 1. The van der Waals surface area contributed by atoms with E-state index in [-0.39, 0.29) is 30.8 Å². The maximum atomic E-state index is 12.1. The molecule has 1 aromatic carbocycles. The monoisotopic (exact) mass is 502 g/mol. The zero-order valence-electron chi connectivity index (χ0n) is 17.9. The summed E-state index contributed by atoms with van der Waals surface area (Å²) in [5.41, 5.74) is 2.24. The van der Waals surface area contributed by atoms with E-state index < -0.39 is 0 Å². The van der Waals surface area contributed by atoms with E-state index in [1.807, 2.05) is 18.1 Å². The molecule has 32 heavy (non-hydrogen) atoms. The molecule has 2 N–H and O–H groups in total. The van der Waals surface area contributed by atoms with Gasteiger partial charge in [0.15, 0.2) is 0 Å². The van der Waals surface area contributed by atoms with E-state index in [9.17, 15) is 9.59 Å². The van der Waals surface area contributed by atoms with Crippen LogP contribution in [-0.2, 0) is 9.53 Å². The number of hydrogen-bond acceptors (Lipinski definition) is 5. The third-order valence-corrected chi connectivity index (χ3v) is 5.47. The molecule has 1 aromatic rings. The number of carbonyl (C=O) groups is 1. The lowest BCUT2D eigenvalue weighted by molar-refractivity contribution is 0.237. The summed E-state index contributed by atoms with van der Waals surface area (Å²) in [6.45, 7) is 5.48. The number of halogens is 3. The summed E-state index contributed by atoms with van der Waals surface area (Å²) in [5.74, 6) is 2.34. The molecule has 0 radical (unpaired) electrons. The van der Waals surface area contributed by atoms with Crippen molar-refractivity contribution in [2.24, 2.45) is 0 Å². The Morgan fingerprint density at radius 2 is 1.81 bits per heavy atom. The van der Waals surface area contributed by atoms with Crippen molar-refractivity contribution in [1.82, 2.24) is 15.5 Å². The van der Waals surface area contributed by atoms with Crippen molar-refractivity contribution in [2.45, 2.75) is 12.8 Å². The van der Waals surface area contributed by atoms with Gasteiger partial charge in [0.2, 0.25) is 0 Å². The van der Waals surface area contributed by atoms with E-state index in [0.717, 1.165) is 44.2 Å². The molecule has 0 saturated carbocycles. The molecule has 0 atom stereocenters.